The molecular weight excluding hydrogens is 241 g/mol. The van der Waals surface area contributed by atoms with E-state index in [0.717, 1.165) is 24.3 Å². The number of hydrogen-bond donors (Lipinski definition) is 2. The summed E-state index contributed by atoms with van der Waals surface area (Å²) < 4.78 is 5.69. The molecule has 0 spiro atoms. The highest BCUT2D eigenvalue weighted by molar-refractivity contribution is 6.59. The average Bonchev–Trinajstić information content (AvgIpc) is 2.87. The third kappa shape index (κ3) is 4.23. The van der Waals surface area contributed by atoms with Gasteiger partial charge in [-0.05, 0) is 62.4 Å². The summed E-state index contributed by atoms with van der Waals surface area (Å²) in [7, 11) is -1.41. The van der Waals surface area contributed by atoms with Crippen molar-refractivity contribution in [2.45, 2.75) is 26.2 Å². The molecule has 0 amide bonds. The molecule has 1 heterocycles. The molecule has 2 rings (SSSR count). The van der Waals surface area contributed by atoms with Gasteiger partial charge in [0.25, 0.3) is 0 Å². The van der Waals surface area contributed by atoms with Gasteiger partial charge >= 0.3 is 7.12 Å². The quantitative estimate of drug-likeness (QED) is 0.581. The summed E-state index contributed by atoms with van der Waals surface area (Å²) in [4.78, 5) is 2.47. The van der Waals surface area contributed by atoms with Crippen LogP contribution in [0.5, 0.6) is 5.75 Å². The maximum Gasteiger partial charge on any atom is 0.488 e. The molecule has 0 aromatic heterocycles. The molecule has 0 saturated carbocycles. The summed E-state index contributed by atoms with van der Waals surface area (Å²) in [6.07, 6.45) is 3.68. The Hall–Kier alpha value is -1.04. The zero-order chi connectivity index (χ0) is 13.7. The number of benzene rings is 1. The molecule has 0 bridgehead atoms. The summed E-state index contributed by atoms with van der Waals surface area (Å²) in [6, 6.07) is 5.35. The molecule has 0 unspecified atom stereocenters. The highest BCUT2D eigenvalue weighted by Gasteiger charge is 2.14. The van der Waals surface area contributed by atoms with Gasteiger partial charge in [-0.15, -0.1) is 0 Å². The molecule has 1 fully saturated rings. The third-order valence-electron chi connectivity index (χ3n) is 3.61. The summed E-state index contributed by atoms with van der Waals surface area (Å²) in [5.74, 6) is 0.795. The molecule has 0 atom stereocenters. The Morgan fingerprint density at radius 1 is 1.26 bits per heavy atom. The number of hydrogen-bond acceptors (Lipinski definition) is 4. The summed E-state index contributed by atoms with van der Waals surface area (Å²) >= 11 is 0. The summed E-state index contributed by atoms with van der Waals surface area (Å²) in [5.41, 5.74) is 1.37. The van der Waals surface area contributed by atoms with Gasteiger partial charge in [0.15, 0.2) is 0 Å². The van der Waals surface area contributed by atoms with Gasteiger partial charge in [-0.25, -0.2) is 0 Å². The van der Waals surface area contributed by atoms with Crippen LogP contribution in [0, 0.1) is 6.92 Å². The minimum atomic E-state index is -1.41. The van der Waals surface area contributed by atoms with Crippen molar-refractivity contribution in [2.75, 3.05) is 26.2 Å². The molecule has 1 aromatic carbocycles. The topological polar surface area (TPSA) is 52.9 Å². The largest absolute Gasteiger partial charge is 0.494 e. The Bertz CT molecular complexity index is 406. The highest BCUT2D eigenvalue weighted by atomic mass is 16.5. The van der Waals surface area contributed by atoms with Gasteiger partial charge in [0.05, 0.1) is 6.61 Å². The van der Waals surface area contributed by atoms with Crippen LogP contribution in [0.25, 0.3) is 0 Å². The first-order valence-corrected chi connectivity index (χ1v) is 6.98. The molecule has 19 heavy (non-hydrogen) atoms. The van der Waals surface area contributed by atoms with Crippen molar-refractivity contribution in [1.82, 2.24) is 4.90 Å². The fourth-order valence-electron chi connectivity index (χ4n) is 2.51. The lowest BCUT2D eigenvalue weighted by Crippen LogP contribution is -2.31. The van der Waals surface area contributed by atoms with Gasteiger partial charge < -0.3 is 19.7 Å². The van der Waals surface area contributed by atoms with Crippen LogP contribution < -0.4 is 10.2 Å². The van der Waals surface area contributed by atoms with Gasteiger partial charge in [0.1, 0.15) is 5.75 Å². The summed E-state index contributed by atoms with van der Waals surface area (Å²) in [5, 5.41) is 18.3. The van der Waals surface area contributed by atoms with E-state index in [1.54, 1.807) is 12.1 Å². The molecule has 4 nitrogen and oxygen atoms in total. The third-order valence-corrected chi connectivity index (χ3v) is 3.61. The van der Waals surface area contributed by atoms with Crippen LogP contribution in [0.15, 0.2) is 18.2 Å². The maximum absolute atomic E-state index is 9.14. The Morgan fingerprint density at radius 3 is 2.63 bits per heavy atom. The monoisotopic (exact) mass is 263 g/mol. The normalized spacial score (nSPS) is 15.7. The standard InChI is InChI=1S/C14H22BNO3/c1-12-11-13(5-6-14(12)15(17)18)19-10-4-9-16-7-2-3-8-16/h5-6,11,17-18H,2-4,7-10H2,1H3. The summed E-state index contributed by atoms with van der Waals surface area (Å²) in [6.45, 7) is 6.11. The maximum atomic E-state index is 9.14. The molecule has 0 aliphatic carbocycles. The Labute approximate surface area is 115 Å². The van der Waals surface area contributed by atoms with E-state index in [0.29, 0.717) is 12.1 Å². The Morgan fingerprint density at radius 2 is 2.00 bits per heavy atom. The fourth-order valence-corrected chi connectivity index (χ4v) is 2.51. The van der Waals surface area contributed by atoms with E-state index >= 15 is 0 Å². The van der Waals surface area contributed by atoms with Crippen molar-refractivity contribution >= 4 is 12.6 Å². The Kier molecular flexibility index (Phi) is 5.25. The van der Waals surface area contributed by atoms with E-state index in [2.05, 4.69) is 4.90 Å². The second kappa shape index (κ2) is 6.94. The van der Waals surface area contributed by atoms with Gasteiger partial charge in [-0.1, -0.05) is 6.07 Å². The predicted molar refractivity (Wildman–Crippen MR) is 76.8 cm³/mol. The van der Waals surface area contributed by atoms with Crippen molar-refractivity contribution in [3.63, 3.8) is 0 Å². The van der Waals surface area contributed by atoms with Crippen LogP contribution in [0.3, 0.4) is 0 Å². The lowest BCUT2D eigenvalue weighted by atomic mass is 9.77. The van der Waals surface area contributed by atoms with Gasteiger partial charge in [-0.3, -0.25) is 0 Å². The van der Waals surface area contributed by atoms with Crippen molar-refractivity contribution in [1.29, 1.82) is 0 Å². The highest BCUT2D eigenvalue weighted by Crippen LogP contribution is 2.12. The van der Waals surface area contributed by atoms with Crippen molar-refractivity contribution in [3.05, 3.63) is 23.8 Å². The minimum absolute atomic E-state index is 0.532. The molecule has 1 aromatic rings. The van der Waals surface area contributed by atoms with Crippen molar-refractivity contribution < 1.29 is 14.8 Å². The molecule has 1 aliphatic heterocycles. The molecule has 1 saturated heterocycles. The van der Waals surface area contributed by atoms with E-state index in [-0.39, 0.29) is 0 Å². The second-order valence-corrected chi connectivity index (χ2v) is 5.14. The van der Waals surface area contributed by atoms with E-state index in [1.807, 2.05) is 13.0 Å². The zero-order valence-electron chi connectivity index (χ0n) is 11.5. The SMILES string of the molecule is Cc1cc(OCCCN2CCCC2)ccc1B(O)O. The second-order valence-electron chi connectivity index (χ2n) is 5.14. The number of ether oxygens (including phenoxy) is 1. The van der Waals surface area contributed by atoms with Crippen molar-refractivity contribution in [2.24, 2.45) is 0 Å². The smallest absolute Gasteiger partial charge is 0.488 e. The minimum Gasteiger partial charge on any atom is -0.494 e. The Balaban J connectivity index is 1.74. The number of likely N-dealkylation sites (tertiary alicyclic amines) is 1. The molecule has 2 N–H and O–H groups in total. The lowest BCUT2D eigenvalue weighted by molar-refractivity contribution is 0.263. The van der Waals surface area contributed by atoms with Gasteiger partial charge in [-0.2, -0.15) is 0 Å². The lowest BCUT2D eigenvalue weighted by Gasteiger charge is -2.15. The van der Waals surface area contributed by atoms with E-state index in [9.17, 15) is 0 Å². The first kappa shape index (κ1) is 14.4. The van der Waals surface area contributed by atoms with Crippen LogP contribution >= 0.6 is 0 Å². The van der Waals surface area contributed by atoms with E-state index in [1.165, 1.54) is 25.9 Å². The van der Waals surface area contributed by atoms with E-state index in [4.69, 9.17) is 14.8 Å². The number of nitrogens with zero attached hydrogens (tertiary/aromatic N) is 1. The average molecular weight is 263 g/mol. The predicted octanol–water partition coefficient (Wildman–Crippen LogP) is 0.540. The van der Waals surface area contributed by atoms with Gasteiger partial charge in [0, 0.05) is 6.54 Å². The van der Waals surface area contributed by atoms with Crippen LogP contribution in [-0.2, 0) is 0 Å². The molecule has 0 radical (unpaired) electrons. The fraction of sp³-hybridized carbons (Fsp3) is 0.571. The molecule has 5 heteroatoms. The van der Waals surface area contributed by atoms with E-state index < -0.39 is 7.12 Å². The van der Waals surface area contributed by atoms with Crippen LogP contribution in [0.1, 0.15) is 24.8 Å². The zero-order valence-corrected chi connectivity index (χ0v) is 11.5. The number of aryl methyl sites for hydroxylation is 1. The van der Waals surface area contributed by atoms with Crippen LogP contribution in [-0.4, -0.2) is 48.3 Å². The molecule has 1 aliphatic rings. The number of rotatable bonds is 6. The first-order chi connectivity index (χ1) is 9.16. The first-order valence-electron chi connectivity index (χ1n) is 6.98. The van der Waals surface area contributed by atoms with Crippen LogP contribution in [0.4, 0.5) is 0 Å². The van der Waals surface area contributed by atoms with Gasteiger partial charge in [0.2, 0.25) is 0 Å². The van der Waals surface area contributed by atoms with Crippen molar-refractivity contribution in [3.8, 4) is 5.75 Å². The molecule has 104 valence electrons. The van der Waals surface area contributed by atoms with Crippen LogP contribution in [0.2, 0.25) is 0 Å². The molecular formula is C14H22BNO3.